The number of ether oxygens (including phenoxy) is 3. The van der Waals surface area contributed by atoms with Crippen LogP contribution in [0.5, 0.6) is 17.2 Å². The zero-order chi connectivity index (χ0) is 17.5. The Bertz CT molecular complexity index is 784. The Balaban J connectivity index is 2.26. The van der Waals surface area contributed by atoms with Crippen LogP contribution in [0.1, 0.15) is 15.9 Å². The van der Waals surface area contributed by atoms with Gasteiger partial charge in [0.1, 0.15) is 11.3 Å². The van der Waals surface area contributed by atoms with Gasteiger partial charge in [0.25, 0.3) is 0 Å². The summed E-state index contributed by atoms with van der Waals surface area (Å²) in [7, 11) is 2.87. The Morgan fingerprint density at radius 1 is 1.04 bits per heavy atom. The summed E-state index contributed by atoms with van der Waals surface area (Å²) >= 11 is 0. The van der Waals surface area contributed by atoms with E-state index >= 15 is 0 Å². The van der Waals surface area contributed by atoms with Crippen molar-refractivity contribution in [2.45, 2.75) is 0 Å². The van der Waals surface area contributed by atoms with Crippen molar-refractivity contribution in [1.29, 1.82) is 0 Å². The molecule has 7 heteroatoms. The van der Waals surface area contributed by atoms with E-state index in [0.29, 0.717) is 11.3 Å². The van der Waals surface area contributed by atoms with Gasteiger partial charge in [0.05, 0.1) is 19.1 Å². The van der Waals surface area contributed by atoms with Gasteiger partial charge < -0.3 is 14.2 Å². The first-order valence-electron chi connectivity index (χ1n) is 6.90. The molecule has 0 N–H and O–H groups in total. The number of benzene rings is 2. The van der Waals surface area contributed by atoms with Crippen molar-refractivity contribution in [3.63, 3.8) is 0 Å². The molecule has 0 unspecified atom stereocenters. The normalized spacial score (nSPS) is 10.4. The number of carbonyl (C=O) groups excluding carboxylic acids is 1. The van der Waals surface area contributed by atoms with Crippen molar-refractivity contribution in [1.82, 2.24) is 0 Å². The number of nitrogens with zero attached hydrogens (tertiary/aromatic N) is 1. The second kappa shape index (κ2) is 7.77. The van der Waals surface area contributed by atoms with Gasteiger partial charge >= 0.3 is 5.97 Å². The van der Waals surface area contributed by atoms with Crippen LogP contribution < -0.4 is 14.2 Å². The molecule has 2 aromatic rings. The molecule has 0 aliphatic rings. The average Bonchev–Trinajstić information content (AvgIpc) is 2.60. The quantitative estimate of drug-likeness (QED) is 0.350. The minimum atomic E-state index is -0.598. The highest BCUT2D eigenvalue weighted by molar-refractivity contribution is 5.94. The second-order valence-electron chi connectivity index (χ2n) is 4.60. The molecule has 2 rings (SSSR count). The van der Waals surface area contributed by atoms with Crippen LogP contribution in [-0.2, 0) is 0 Å². The fraction of sp³-hybridized carbons (Fsp3) is 0.118. The molecule has 2 aromatic carbocycles. The number of para-hydroxylation sites is 1. The number of methoxy groups -OCH3 is 2. The minimum absolute atomic E-state index is 0.201. The molecular formula is C17H15NO6. The highest BCUT2D eigenvalue weighted by atomic mass is 16.6. The van der Waals surface area contributed by atoms with Gasteiger partial charge in [-0.1, -0.05) is 18.2 Å². The third kappa shape index (κ3) is 4.10. The van der Waals surface area contributed by atoms with Crippen LogP contribution in [0.15, 0.2) is 48.7 Å². The van der Waals surface area contributed by atoms with Gasteiger partial charge in [-0.05, 0) is 29.8 Å². The van der Waals surface area contributed by atoms with Crippen molar-refractivity contribution in [3.05, 3.63) is 69.9 Å². The van der Waals surface area contributed by atoms with E-state index in [1.54, 1.807) is 30.3 Å². The number of hydrogen-bond donors (Lipinski definition) is 0. The van der Waals surface area contributed by atoms with Crippen molar-refractivity contribution in [3.8, 4) is 17.2 Å². The summed E-state index contributed by atoms with van der Waals surface area (Å²) < 4.78 is 15.6. The number of hydrogen-bond acceptors (Lipinski definition) is 6. The van der Waals surface area contributed by atoms with Crippen molar-refractivity contribution in [2.75, 3.05) is 14.2 Å². The van der Waals surface area contributed by atoms with E-state index in [-0.39, 0.29) is 17.1 Å². The molecule has 0 saturated carbocycles. The third-order valence-corrected chi connectivity index (χ3v) is 3.11. The Morgan fingerprint density at radius 3 is 2.42 bits per heavy atom. The molecule has 0 amide bonds. The summed E-state index contributed by atoms with van der Waals surface area (Å²) in [6.07, 6.45) is 2.13. The summed E-state index contributed by atoms with van der Waals surface area (Å²) in [4.78, 5) is 22.1. The third-order valence-electron chi connectivity index (χ3n) is 3.11. The maximum Gasteiger partial charge on any atom is 0.347 e. The van der Waals surface area contributed by atoms with Gasteiger partial charge in [0.15, 0.2) is 11.5 Å². The zero-order valence-electron chi connectivity index (χ0n) is 13.1. The first-order chi connectivity index (χ1) is 11.5. The SMILES string of the molecule is COc1cc(/C=C/[N+](=O)[O-])ccc1OC(=O)c1ccccc1OC. The smallest absolute Gasteiger partial charge is 0.347 e. The monoisotopic (exact) mass is 329 g/mol. The van der Waals surface area contributed by atoms with Crippen LogP contribution in [0.3, 0.4) is 0 Å². The predicted molar refractivity (Wildman–Crippen MR) is 87.0 cm³/mol. The number of rotatable bonds is 6. The van der Waals surface area contributed by atoms with Crippen LogP contribution in [0.25, 0.3) is 6.08 Å². The summed E-state index contributed by atoms with van der Waals surface area (Å²) in [5, 5.41) is 10.4. The van der Waals surface area contributed by atoms with Gasteiger partial charge in [-0.25, -0.2) is 4.79 Å². The summed E-state index contributed by atoms with van der Waals surface area (Å²) in [5.41, 5.74) is 0.819. The molecule has 0 saturated heterocycles. The Kier molecular flexibility index (Phi) is 5.51. The standard InChI is InChI=1S/C17H15NO6/c1-22-14-6-4-3-5-13(14)17(19)24-15-8-7-12(9-10-18(20)21)11-16(15)23-2/h3-11H,1-2H3/b10-9+. The highest BCUT2D eigenvalue weighted by Gasteiger charge is 2.16. The van der Waals surface area contributed by atoms with E-state index in [0.717, 1.165) is 6.20 Å². The molecule has 0 bridgehead atoms. The maximum absolute atomic E-state index is 12.3. The molecule has 0 aromatic heterocycles. The van der Waals surface area contributed by atoms with Crippen LogP contribution in [0, 0.1) is 10.1 Å². The molecule has 0 aliphatic heterocycles. The van der Waals surface area contributed by atoms with E-state index in [1.165, 1.54) is 32.4 Å². The number of esters is 1. The van der Waals surface area contributed by atoms with Crippen molar-refractivity contribution in [2.24, 2.45) is 0 Å². The fourth-order valence-corrected chi connectivity index (χ4v) is 1.99. The lowest BCUT2D eigenvalue weighted by Gasteiger charge is -2.11. The average molecular weight is 329 g/mol. The van der Waals surface area contributed by atoms with Gasteiger partial charge in [-0.2, -0.15) is 0 Å². The molecular weight excluding hydrogens is 314 g/mol. The van der Waals surface area contributed by atoms with Crippen LogP contribution in [-0.4, -0.2) is 25.1 Å². The lowest BCUT2D eigenvalue weighted by molar-refractivity contribution is -0.400. The molecule has 24 heavy (non-hydrogen) atoms. The summed E-state index contributed by atoms with van der Waals surface area (Å²) in [5.74, 6) is 0.279. The van der Waals surface area contributed by atoms with Gasteiger partial charge in [0, 0.05) is 6.08 Å². The Morgan fingerprint density at radius 2 is 1.75 bits per heavy atom. The largest absolute Gasteiger partial charge is 0.496 e. The first kappa shape index (κ1) is 17.0. The Labute approximate surface area is 138 Å². The van der Waals surface area contributed by atoms with Crippen LogP contribution in [0.2, 0.25) is 0 Å². The predicted octanol–water partition coefficient (Wildman–Crippen LogP) is 3.17. The van der Waals surface area contributed by atoms with E-state index in [4.69, 9.17) is 14.2 Å². The topological polar surface area (TPSA) is 87.9 Å². The lowest BCUT2D eigenvalue weighted by Crippen LogP contribution is -2.10. The summed E-state index contributed by atoms with van der Waals surface area (Å²) in [6, 6.07) is 11.3. The zero-order valence-corrected chi connectivity index (χ0v) is 13.1. The molecule has 0 aliphatic carbocycles. The van der Waals surface area contributed by atoms with E-state index in [2.05, 4.69) is 0 Å². The molecule has 7 nitrogen and oxygen atoms in total. The van der Waals surface area contributed by atoms with E-state index in [1.807, 2.05) is 0 Å². The number of carbonyl (C=O) groups is 1. The van der Waals surface area contributed by atoms with Gasteiger partial charge in [0.2, 0.25) is 6.20 Å². The molecule has 124 valence electrons. The molecule has 0 heterocycles. The molecule has 0 radical (unpaired) electrons. The van der Waals surface area contributed by atoms with E-state index in [9.17, 15) is 14.9 Å². The molecule has 0 fully saturated rings. The van der Waals surface area contributed by atoms with Crippen LogP contribution >= 0.6 is 0 Å². The van der Waals surface area contributed by atoms with Gasteiger partial charge in [-0.3, -0.25) is 10.1 Å². The van der Waals surface area contributed by atoms with Crippen molar-refractivity contribution < 1.29 is 23.9 Å². The van der Waals surface area contributed by atoms with Crippen molar-refractivity contribution >= 4 is 12.0 Å². The molecule has 0 spiro atoms. The number of nitro groups is 1. The molecule has 0 atom stereocenters. The first-order valence-corrected chi connectivity index (χ1v) is 6.90. The van der Waals surface area contributed by atoms with E-state index < -0.39 is 10.9 Å². The lowest BCUT2D eigenvalue weighted by atomic mass is 10.2. The summed E-state index contributed by atoms with van der Waals surface area (Å²) in [6.45, 7) is 0. The fourth-order valence-electron chi connectivity index (χ4n) is 1.99. The van der Waals surface area contributed by atoms with Gasteiger partial charge in [-0.15, -0.1) is 0 Å². The Hall–Kier alpha value is -3.35. The minimum Gasteiger partial charge on any atom is -0.496 e. The highest BCUT2D eigenvalue weighted by Crippen LogP contribution is 2.30. The second-order valence-corrected chi connectivity index (χ2v) is 4.60. The maximum atomic E-state index is 12.3. The van der Waals surface area contributed by atoms with Crippen LogP contribution in [0.4, 0.5) is 0 Å².